The van der Waals surface area contributed by atoms with Crippen LogP contribution >= 0.6 is 0 Å². The highest BCUT2D eigenvalue weighted by Crippen LogP contribution is 2.27. The molecule has 13 nitrogen and oxygen atoms in total. The second-order valence-corrected chi connectivity index (χ2v) is 14.8. The molecule has 0 unspecified atom stereocenters. The highest BCUT2D eigenvalue weighted by molar-refractivity contribution is 7.93. The molecule has 0 fully saturated rings. The summed E-state index contributed by atoms with van der Waals surface area (Å²) in [5.74, 6) is 0. The highest BCUT2D eigenvalue weighted by atomic mass is 32.2. The minimum atomic E-state index is -4.85. The van der Waals surface area contributed by atoms with Gasteiger partial charge in [-0.2, -0.15) is 29.6 Å². The van der Waals surface area contributed by atoms with E-state index >= 15 is 0 Å². The maximum absolute atomic E-state index is 12.1. The van der Waals surface area contributed by atoms with Gasteiger partial charge in [-0.1, -0.05) is 24.3 Å². The van der Waals surface area contributed by atoms with Gasteiger partial charge in [0.25, 0.3) is 20.2 Å². The lowest BCUT2D eigenvalue weighted by Gasteiger charge is -2.14. The van der Waals surface area contributed by atoms with E-state index in [4.69, 9.17) is 0 Å². The number of anilines is 2. The lowest BCUT2D eigenvalue weighted by Crippen LogP contribution is -2.29. The third-order valence-corrected chi connectivity index (χ3v) is 9.67. The number of rotatable bonds is 10. The number of sulfonamides is 1. The minimum Gasteiger partial charge on any atom is -0.283 e. The molecule has 2 aromatic rings. The van der Waals surface area contributed by atoms with Crippen molar-refractivity contribution in [1.29, 1.82) is 0 Å². The van der Waals surface area contributed by atoms with E-state index in [0.717, 1.165) is 34.7 Å². The number of nitrogens with zero attached hydrogens (tertiary/aromatic N) is 1. The molecule has 2 aromatic carbocycles. The average Bonchev–Trinajstić information content (AvgIpc) is 2.71. The van der Waals surface area contributed by atoms with Crippen molar-refractivity contribution in [3.63, 3.8) is 0 Å². The first kappa shape index (κ1) is 29.7. The monoisotopic (exact) mass is 583 g/mol. The van der Waals surface area contributed by atoms with E-state index in [-0.39, 0.29) is 22.5 Å². The first-order valence-corrected chi connectivity index (χ1v) is 15.7. The third kappa shape index (κ3) is 7.48. The molecule has 200 valence electrons. The van der Waals surface area contributed by atoms with Gasteiger partial charge in [0, 0.05) is 19.8 Å². The van der Waals surface area contributed by atoms with E-state index in [1.807, 2.05) is 0 Å². The van der Waals surface area contributed by atoms with E-state index in [9.17, 15) is 42.8 Å². The van der Waals surface area contributed by atoms with Crippen molar-refractivity contribution in [1.82, 2.24) is 4.31 Å². The number of benzene rings is 2. The van der Waals surface area contributed by atoms with Crippen LogP contribution in [0, 0.1) is 0 Å². The predicted molar refractivity (Wildman–Crippen MR) is 135 cm³/mol. The Hall–Kier alpha value is -2.54. The Morgan fingerprint density at radius 3 is 1.44 bits per heavy atom. The van der Waals surface area contributed by atoms with E-state index in [1.54, 1.807) is 0 Å². The van der Waals surface area contributed by atoms with E-state index in [1.165, 1.54) is 46.1 Å². The van der Waals surface area contributed by atoms with Gasteiger partial charge in [0.05, 0.1) is 10.9 Å². The van der Waals surface area contributed by atoms with Crippen molar-refractivity contribution in [2.75, 3.05) is 23.5 Å². The Kier molecular flexibility index (Phi) is 8.61. The molecule has 17 heteroatoms. The zero-order valence-corrected chi connectivity index (χ0v) is 22.7. The minimum absolute atomic E-state index is 0.135. The van der Waals surface area contributed by atoms with Crippen LogP contribution in [-0.2, 0) is 40.5 Å². The van der Waals surface area contributed by atoms with Gasteiger partial charge in [-0.25, -0.2) is 8.42 Å². The molecule has 0 aliphatic carbocycles. The second-order valence-electron chi connectivity index (χ2n) is 7.87. The highest BCUT2D eigenvalue weighted by Gasteiger charge is 2.21. The fourth-order valence-corrected chi connectivity index (χ4v) is 5.34. The molecule has 0 saturated carbocycles. The number of hydrogen-bond acceptors (Lipinski definition) is 8. The summed E-state index contributed by atoms with van der Waals surface area (Å²) in [6, 6.07) is 6.52. The standard InChI is InChI=1S/C19H25N3O10S4/c1-13(2)33(23,24)20-16-9-7-14(18(11-16)34(25,26)27)5-6-15-8-10-17(12-19(15)35(28,29)30)21-36(31,32)22(3)4/h5-13,20-21H,1-4H3,(H,25,26,27)(H,28,29,30). The zero-order chi connectivity index (χ0) is 27.7. The quantitative estimate of drug-likeness (QED) is 0.235. The molecule has 4 N–H and O–H groups in total. The van der Waals surface area contributed by atoms with Gasteiger partial charge in [0.1, 0.15) is 9.79 Å². The molecule has 0 spiro atoms. The van der Waals surface area contributed by atoms with Gasteiger partial charge in [-0.15, -0.1) is 0 Å². The van der Waals surface area contributed by atoms with Crippen LogP contribution < -0.4 is 9.44 Å². The molecular formula is C19H25N3O10S4. The van der Waals surface area contributed by atoms with E-state index in [2.05, 4.69) is 9.44 Å². The first-order chi connectivity index (χ1) is 16.2. The SMILES string of the molecule is CC(C)S(=O)(=O)Nc1ccc(C=Cc2ccc(NS(=O)(=O)N(C)C)cc2S(=O)(=O)O)c(S(=O)(=O)O)c1. The molecular weight excluding hydrogens is 558 g/mol. The van der Waals surface area contributed by atoms with Gasteiger partial charge in [-0.3, -0.25) is 18.5 Å². The Balaban J connectivity index is 2.57. The molecule has 0 aliphatic rings. The van der Waals surface area contributed by atoms with Crippen LogP contribution in [0.15, 0.2) is 46.2 Å². The molecule has 0 atom stereocenters. The first-order valence-electron chi connectivity index (χ1n) is 9.87. The smallest absolute Gasteiger partial charge is 0.283 e. The fourth-order valence-electron chi connectivity index (χ4n) is 2.62. The summed E-state index contributed by atoms with van der Waals surface area (Å²) in [6.07, 6.45) is 2.22. The molecule has 0 saturated heterocycles. The van der Waals surface area contributed by atoms with Gasteiger partial charge in [0.2, 0.25) is 10.0 Å². The number of hydrogen-bond donors (Lipinski definition) is 4. The largest absolute Gasteiger partial charge is 0.301 e. The van der Waals surface area contributed by atoms with Gasteiger partial charge in [0.15, 0.2) is 0 Å². The molecule has 0 bridgehead atoms. The summed E-state index contributed by atoms with van der Waals surface area (Å²) in [5.41, 5.74) is -0.585. The van der Waals surface area contributed by atoms with Crippen LogP contribution in [0.3, 0.4) is 0 Å². The van der Waals surface area contributed by atoms with Gasteiger partial charge >= 0.3 is 10.2 Å². The molecule has 0 radical (unpaired) electrons. The number of nitrogens with one attached hydrogen (secondary N) is 2. The average molecular weight is 584 g/mol. The lowest BCUT2D eigenvalue weighted by molar-refractivity contribution is 0.480. The Bertz CT molecular complexity index is 1490. The van der Waals surface area contributed by atoms with Crippen LogP contribution in [0.4, 0.5) is 11.4 Å². The van der Waals surface area contributed by atoms with Crippen LogP contribution in [-0.4, -0.2) is 66.4 Å². The molecule has 0 aliphatic heterocycles. The van der Waals surface area contributed by atoms with Crippen LogP contribution in [0.1, 0.15) is 25.0 Å². The summed E-state index contributed by atoms with van der Waals surface area (Å²) in [7, 11) is -15.0. The maximum Gasteiger partial charge on any atom is 0.301 e. The van der Waals surface area contributed by atoms with E-state index in [0.29, 0.717) is 0 Å². The second kappa shape index (κ2) is 10.4. The van der Waals surface area contributed by atoms with Crippen LogP contribution in [0.5, 0.6) is 0 Å². The van der Waals surface area contributed by atoms with Gasteiger partial charge in [-0.05, 0) is 49.2 Å². The normalized spacial score (nSPS) is 13.4. The Morgan fingerprint density at radius 2 is 1.11 bits per heavy atom. The summed E-state index contributed by atoms with van der Waals surface area (Å²) < 4.78 is 120. The molecule has 2 rings (SSSR count). The van der Waals surface area contributed by atoms with Crippen molar-refractivity contribution >= 4 is 64.0 Å². The molecule has 0 heterocycles. The fraction of sp³-hybridized carbons (Fsp3) is 0.263. The van der Waals surface area contributed by atoms with Crippen LogP contribution in [0.2, 0.25) is 0 Å². The van der Waals surface area contributed by atoms with Crippen molar-refractivity contribution in [3.8, 4) is 0 Å². The van der Waals surface area contributed by atoms with Crippen molar-refractivity contribution < 1.29 is 42.8 Å². The summed E-state index contributed by atoms with van der Waals surface area (Å²) in [6.45, 7) is 2.82. The Morgan fingerprint density at radius 1 is 0.722 bits per heavy atom. The summed E-state index contributed by atoms with van der Waals surface area (Å²) in [5, 5.41) is -0.824. The zero-order valence-electron chi connectivity index (χ0n) is 19.4. The summed E-state index contributed by atoms with van der Waals surface area (Å²) >= 11 is 0. The summed E-state index contributed by atoms with van der Waals surface area (Å²) in [4.78, 5) is -1.36. The van der Waals surface area contributed by atoms with Crippen LogP contribution in [0.25, 0.3) is 12.2 Å². The lowest BCUT2D eigenvalue weighted by atomic mass is 10.1. The maximum atomic E-state index is 12.1. The third-order valence-electron chi connectivity index (χ3n) is 4.63. The molecule has 0 amide bonds. The van der Waals surface area contributed by atoms with Crippen molar-refractivity contribution in [2.24, 2.45) is 0 Å². The predicted octanol–water partition coefficient (Wildman–Crippen LogP) is 1.72. The van der Waals surface area contributed by atoms with Gasteiger partial charge < -0.3 is 0 Å². The van der Waals surface area contributed by atoms with E-state index < -0.39 is 55.5 Å². The molecule has 0 aromatic heterocycles. The molecule has 36 heavy (non-hydrogen) atoms. The van der Waals surface area contributed by atoms with Crippen molar-refractivity contribution in [3.05, 3.63) is 47.5 Å². The van der Waals surface area contributed by atoms with Crippen molar-refractivity contribution in [2.45, 2.75) is 28.9 Å². The Labute approximate surface area is 210 Å². The topological polar surface area (TPSA) is 204 Å².